The predicted molar refractivity (Wildman–Crippen MR) is 76.2 cm³/mol. The van der Waals surface area contributed by atoms with Crippen LogP contribution in [-0.4, -0.2) is 10.9 Å². The smallest absolute Gasteiger partial charge is 0.255 e. The molecule has 0 radical (unpaired) electrons. The first-order chi connectivity index (χ1) is 9.08. The van der Waals surface area contributed by atoms with Crippen LogP contribution < -0.4 is 16.6 Å². The molecule has 0 fully saturated rings. The third kappa shape index (κ3) is 3.43. The van der Waals surface area contributed by atoms with Gasteiger partial charge in [0.15, 0.2) is 0 Å². The van der Waals surface area contributed by atoms with E-state index in [1.165, 1.54) is 0 Å². The van der Waals surface area contributed by atoms with Gasteiger partial charge in [0.1, 0.15) is 5.82 Å². The van der Waals surface area contributed by atoms with E-state index >= 15 is 0 Å². The Bertz CT molecular complexity index is 598. The first-order valence-corrected chi connectivity index (χ1v) is 5.98. The van der Waals surface area contributed by atoms with Crippen LogP contribution in [0.1, 0.15) is 16.1 Å². The molecular formula is C13H13ClN4O. The molecule has 2 rings (SSSR count). The molecule has 1 aromatic heterocycles. The average molecular weight is 277 g/mol. The number of carbonyl (C=O) groups excluding carboxylic acids is 1. The standard InChI is InChI=1S/C13H13ClN4O/c1-8-6-9(7-12(16-8)18-15)13(19)17-11-4-2-10(14)3-5-11/h2-7H,15H2,1H3,(H,16,18)(H,17,19). The van der Waals surface area contributed by atoms with E-state index < -0.39 is 0 Å². The highest BCUT2D eigenvalue weighted by Crippen LogP contribution is 2.15. The molecule has 2 aromatic rings. The van der Waals surface area contributed by atoms with Crippen molar-refractivity contribution in [2.75, 3.05) is 10.7 Å². The number of hydrogen-bond acceptors (Lipinski definition) is 4. The molecule has 5 nitrogen and oxygen atoms in total. The summed E-state index contributed by atoms with van der Waals surface area (Å²) in [7, 11) is 0. The predicted octanol–water partition coefficient (Wildman–Crippen LogP) is 2.58. The summed E-state index contributed by atoms with van der Waals surface area (Å²) in [6, 6.07) is 10.2. The van der Waals surface area contributed by atoms with Crippen molar-refractivity contribution >= 4 is 29.0 Å². The van der Waals surface area contributed by atoms with Crippen molar-refractivity contribution in [3.63, 3.8) is 0 Å². The Kier molecular flexibility index (Phi) is 3.99. The van der Waals surface area contributed by atoms with Gasteiger partial charge in [0.2, 0.25) is 0 Å². The Hall–Kier alpha value is -2.11. The molecule has 0 saturated heterocycles. The first-order valence-electron chi connectivity index (χ1n) is 5.61. The molecule has 1 aromatic carbocycles. The van der Waals surface area contributed by atoms with Crippen molar-refractivity contribution in [3.8, 4) is 0 Å². The number of aryl methyl sites for hydroxylation is 1. The molecule has 0 spiro atoms. The van der Waals surface area contributed by atoms with Crippen molar-refractivity contribution in [1.29, 1.82) is 0 Å². The van der Waals surface area contributed by atoms with E-state index in [0.717, 1.165) is 0 Å². The molecule has 0 bridgehead atoms. The maximum atomic E-state index is 12.1. The Labute approximate surface area is 115 Å². The third-order valence-electron chi connectivity index (χ3n) is 2.47. The highest BCUT2D eigenvalue weighted by Gasteiger charge is 2.08. The maximum absolute atomic E-state index is 12.1. The molecule has 1 amide bonds. The van der Waals surface area contributed by atoms with Crippen LogP contribution in [0.4, 0.5) is 11.5 Å². The summed E-state index contributed by atoms with van der Waals surface area (Å²) in [4.78, 5) is 16.2. The number of nitrogens with one attached hydrogen (secondary N) is 2. The van der Waals surface area contributed by atoms with E-state index in [0.29, 0.717) is 27.8 Å². The van der Waals surface area contributed by atoms with Gasteiger partial charge in [-0.25, -0.2) is 10.8 Å². The van der Waals surface area contributed by atoms with Gasteiger partial charge in [-0.05, 0) is 43.3 Å². The van der Waals surface area contributed by atoms with Gasteiger partial charge in [-0.2, -0.15) is 0 Å². The number of pyridine rings is 1. The van der Waals surface area contributed by atoms with Crippen molar-refractivity contribution in [2.45, 2.75) is 6.92 Å². The molecule has 6 heteroatoms. The van der Waals surface area contributed by atoms with Crippen LogP contribution in [0.15, 0.2) is 36.4 Å². The number of hydrogen-bond donors (Lipinski definition) is 3. The number of amides is 1. The molecule has 19 heavy (non-hydrogen) atoms. The molecule has 0 aliphatic rings. The summed E-state index contributed by atoms with van der Waals surface area (Å²) in [5.74, 6) is 5.51. The second-order valence-corrected chi connectivity index (χ2v) is 4.42. The third-order valence-corrected chi connectivity index (χ3v) is 2.72. The van der Waals surface area contributed by atoms with Crippen LogP contribution in [0.25, 0.3) is 0 Å². The summed E-state index contributed by atoms with van der Waals surface area (Å²) in [6.07, 6.45) is 0. The SMILES string of the molecule is Cc1cc(C(=O)Nc2ccc(Cl)cc2)cc(NN)n1. The van der Waals surface area contributed by atoms with Crippen molar-refractivity contribution in [3.05, 3.63) is 52.7 Å². The molecular weight excluding hydrogens is 264 g/mol. The fourth-order valence-corrected chi connectivity index (χ4v) is 1.74. The second-order valence-electron chi connectivity index (χ2n) is 3.99. The van der Waals surface area contributed by atoms with Gasteiger partial charge in [0, 0.05) is 22.0 Å². The highest BCUT2D eigenvalue weighted by molar-refractivity contribution is 6.30. The Morgan fingerprint density at radius 3 is 2.58 bits per heavy atom. The summed E-state index contributed by atoms with van der Waals surface area (Å²) in [5, 5.41) is 3.39. The summed E-state index contributed by atoms with van der Waals surface area (Å²) in [5.41, 5.74) is 4.29. The van der Waals surface area contributed by atoms with Gasteiger partial charge >= 0.3 is 0 Å². The van der Waals surface area contributed by atoms with Crippen LogP contribution in [0, 0.1) is 6.92 Å². The topological polar surface area (TPSA) is 80.0 Å². The lowest BCUT2D eigenvalue weighted by Gasteiger charge is -2.08. The van der Waals surface area contributed by atoms with Gasteiger partial charge in [-0.1, -0.05) is 11.6 Å². The molecule has 0 aliphatic heterocycles. The van der Waals surface area contributed by atoms with Crippen molar-refractivity contribution in [2.24, 2.45) is 5.84 Å². The summed E-state index contributed by atoms with van der Waals surface area (Å²) in [6.45, 7) is 1.79. The quantitative estimate of drug-likeness (QED) is 0.595. The number of nitrogens with two attached hydrogens (primary N) is 1. The number of anilines is 2. The van der Waals surface area contributed by atoms with E-state index in [4.69, 9.17) is 17.4 Å². The Morgan fingerprint density at radius 2 is 1.95 bits per heavy atom. The summed E-state index contributed by atoms with van der Waals surface area (Å²) >= 11 is 5.78. The Morgan fingerprint density at radius 1 is 1.26 bits per heavy atom. The first kappa shape index (κ1) is 13.3. The van der Waals surface area contributed by atoms with Gasteiger partial charge in [-0.3, -0.25) is 4.79 Å². The van der Waals surface area contributed by atoms with Gasteiger partial charge in [0.25, 0.3) is 5.91 Å². The minimum absolute atomic E-state index is 0.232. The highest BCUT2D eigenvalue weighted by atomic mass is 35.5. The molecule has 4 N–H and O–H groups in total. The lowest BCUT2D eigenvalue weighted by Crippen LogP contribution is -2.15. The van der Waals surface area contributed by atoms with Crippen molar-refractivity contribution < 1.29 is 4.79 Å². The fraction of sp³-hybridized carbons (Fsp3) is 0.0769. The number of hydrazine groups is 1. The second kappa shape index (κ2) is 5.69. The zero-order valence-electron chi connectivity index (χ0n) is 10.3. The maximum Gasteiger partial charge on any atom is 0.255 e. The van der Waals surface area contributed by atoms with Crippen LogP contribution in [0.2, 0.25) is 5.02 Å². The van der Waals surface area contributed by atoms with E-state index in [2.05, 4.69) is 15.7 Å². The molecule has 1 heterocycles. The zero-order valence-corrected chi connectivity index (χ0v) is 11.0. The van der Waals surface area contributed by atoms with Gasteiger partial charge < -0.3 is 10.7 Å². The molecule has 0 aliphatic carbocycles. The zero-order chi connectivity index (χ0) is 13.8. The van der Waals surface area contributed by atoms with Crippen LogP contribution >= 0.6 is 11.6 Å². The fourth-order valence-electron chi connectivity index (χ4n) is 1.61. The van der Waals surface area contributed by atoms with Gasteiger partial charge in [0.05, 0.1) is 0 Å². The number of carbonyl (C=O) groups is 1. The van der Waals surface area contributed by atoms with E-state index in [1.54, 1.807) is 43.3 Å². The Balaban J connectivity index is 2.20. The molecule has 98 valence electrons. The van der Waals surface area contributed by atoms with Crippen LogP contribution in [0.3, 0.4) is 0 Å². The van der Waals surface area contributed by atoms with Gasteiger partial charge in [-0.15, -0.1) is 0 Å². The van der Waals surface area contributed by atoms with Crippen LogP contribution in [-0.2, 0) is 0 Å². The normalized spacial score (nSPS) is 10.1. The molecule has 0 unspecified atom stereocenters. The minimum Gasteiger partial charge on any atom is -0.322 e. The van der Waals surface area contributed by atoms with E-state index in [1.807, 2.05) is 0 Å². The number of benzene rings is 1. The van der Waals surface area contributed by atoms with E-state index in [-0.39, 0.29) is 5.91 Å². The molecule has 0 saturated carbocycles. The minimum atomic E-state index is -0.232. The molecule has 0 atom stereocenters. The lowest BCUT2D eigenvalue weighted by molar-refractivity contribution is 0.102. The number of halogens is 1. The number of aromatic nitrogens is 1. The lowest BCUT2D eigenvalue weighted by atomic mass is 10.2. The number of rotatable bonds is 3. The monoisotopic (exact) mass is 276 g/mol. The van der Waals surface area contributed by atoms with Crippen LogP contribution in [0.5, 0.6) is 0 Å². The largest absolute Gasteiger partial charge is 0.322 e. The average Bonchev–Trinajstić information content (AvgIpc) is 2.40. The summed E-state index contributed by atoms with van der Waals surface area (Å²) < 4.78 is 0. The number of nitrogens with zero attached hydrogens (tertiary/aromatic N) is 1. The van der Waals surface area contributed by atoms with E-state index in [9.17, 15) is 4.79 Å². The number of nitrogen functional groups attached to an aromatic ring is 1. The van der Waals surface area contributed by atoms with Crippen molar-refractivity contribution in [1.82, 2.24) is 4.98 Å².